The molecule has 2 unspecified atom stereocenters. The Labute approximate surface area is 126 Å². The van der Waals surface area contributed by atoms with E-state index >= 15 is 0 Å². The van der Waals surface area contributed by atoms with E-state index in [-0.39, 0.29) is 11.3 Å². The fourth-order valence-corrected chi connectivity index (χ4v) is 5.58. The molecular formula is C17H26O4. The van der Waals surface area contributed by atoms with Gasteiger partial charge in [-0.1, -0.05) is 12.8 Å². The van der Waals surface area contributed by atoms with Crippen LogP contribution >= 0.6 is 0 Å². The van der Waals surface area contributed by atoms with Crippen molar-refractivity contribution in [2.24, 2.45) is 22.7 Å². The largest absolute Gasteiger partial charge is 0.480 e. The molecule has 0 radical (unpaired) electrons. The maximum Gasteiger partial charge on any atom is 0.323 e. The summed E-state index contributed by atoms with van der Waals surface area (Å²) in [7, 11) is 1.33. The Hall–Kier alpha value is -1.06. The summed E-state index contributed by atoms with van der Waals surface area (Å²) >= 11 is 0. The van der Waals surface area contributed by atoms with Gasteiger partial charge in [-0.2, -0.15) is 0 Å². The fourth-order valence-electron chi connectivity index (χ4n) is 5.58. The van der Waals surface area contributed by atoms with Crippen LogP contribution in [0.1, 0.15) is 64.2 Å². The Morgan fingerprint density at radius 3 is 2.14 bits per heavy atom. The molecule has 1 N–H and O–H groups in total. The zero-order chi connectivity index (χ0) is 15.1. The molecule has 4 aliphatic rings. The van der Waals surface area contributed by atoms with Gasteiger partial charge in [-0.25, -0.2) is 0 Å². The molecule has 4 fully saturated rings. The highest BCUT2D eigenvalue weighted by molar-refractivity contribution is 5.99. The first-order valence-corrected chi connectivity index (χ1v) is 8.37. The maximum atomic E-state index is 12.5. The highest BCUT2D eigenvalue weighted by atomic mass is 16.5. The second kappa shape index (κ2) is 5.29. The van der Waals surface area contributed by atoms with Crippen molar-refractivity contribution in [3.8, 4) is 0 Å². The smallest absolute Gasteiger partial charge is 0.323 e. The summed E-state index contributed by atoms with van der Waals surface area (Å²) in [5.74, 6) is -0.666. The van der Waals surface area contributed by atoms with E-state index in [1.54, 1.807) is 0 Å². The van der Waals surface area contributed by atoms with Gasteiger partial charge in [-0.15, -0.1) is 0 Å². The van der Waals surface area contributed by atoms with E-state index in [1.165, 1.54) is 26.4 Å². The summed E-state index contributed by atoms with van der Waals surface area (Å²) in [5.41, 5.74) is -1.22. The van der Waals surface area contributed by atoms with Crippen molar-refractivity contribution >= 4 is 11.9 Å². The number of methoxy groups -OCH3 is 1. The molecule has 21 heavy (non-hydrogen) atoms. The quantitative estimate of drug-likeness (QED) is 0.640. The number of aliphatic carboxylic acids is 1. The molecule has 0 spiro atoms. The molecule has 0 heterocycles. The first kappa shape index (κ1) is 14.9. The minimum Gasteiger partial charge on any atom is -0.480 e. The van der Waals surface area contributed by atoms with E-state index < -0.39 is 17.4 Å². The molecule has 4 saturated carbocycles. The van der Waals surface area contributed by atoms with Crippen LogP contribution in [0, 0.1) is 22.7 Å². The lowest BCUT2D eigenvalue weighted by Gasteiger charge is -2.56. The molecule has 0 saturated heterocycles. The minimum atomic E-state index is -1.29. The van der Waals surface area contributed by atoms with Crippen LogP contribution in [0.15, 0.2) is 0 Å². The fraction of sp³-hybridized carbons (Fsp3) is 0.882. The van der Waals surface area contributed by atoms with Gasteiger partial charge in [0.05, 0.1) is 7.11 Å². The molecule has 0 amide bonds. The third-order valence-electron chi connectivity index (χ3n) is 6.73. The second-order valence-electron chi connectivity index (χ2n) is 7.41. The van der Waals surface area contributed by atoms with Crippen molar-refractivity contribution in [3.63, 3.8) is 0 Å². The van der Waals surface area contributed by atoms with Crippen molar-refractivity contribution in [3.05, 3.63) is 0 Å². The summed E-state index contributed by atoms with van der Waals surface area (Å²) in [4.78, 5) is 24.6. The third-order valence-corrected chi connectivity index (χ3v) is 6.73. The maximum absolute atomic E-state index is 12.5. The molecule has 0 aromatic rings. The van der Waals surface area contributed by atoms with E-state index in [0.29, 0.717) is 6.42 Å². The number of carbonyl (C=O) groups excluding carboxylic acids is 1. The highest BCUT2D eigenvalue weighted by Gasteiger charge is 2.62. The average molecular weight is 294 g/mol. The molecule has 2 atom stereocenters. The minimum absolute atomic E-state index is 0.0371. The lowest BCUT2D eigenvalue weighted by Crippen LogP contribution is -2.56. The third kappa shape index (κ3) is 2.09. The van der Waals surface area contributed by atoms with E-state index in [0.717, 1.165) is 44.4 Å². The summed E-state index contributed by atoms with van der Waals surface area (Å²) in [6.45, 7) is 0. The van der Waals surface area contributed by atoms with Crippen LogP contribution in [-0.4, -0.2) is 24.2 Å². The van der Waals surface area contributed by atoms with Gasteiger partial charge in [0.2, 0.25) is 0 Å². The number of carboxylic acids is 1. The Balaban J connectivity index is 2.00. The first-order chi connectivity index (χ1) is 10.0. The SMILES string of the molecule is COC(=O)C1(C(=O)O)CCCCC1C12CCC(CC1)CC2. The molecule has 0 aromatic carbocycles. The molecule has 0 aromatic heterocycles. The average Bonchev–Trinajstić information content (AvgIpc) is 2.55. The zero-order valence-corrected chi connectivity index (χ0v) is 12.9. The van der Waals surface area contributed by atoms with Crippen LogP contribution in [0.4, 0.5) is 0 Å². The topological polar surface area (TPSA) is 63.6 Å². The van der Waals surface area contributed by atoms with Crippen molar-refractivity contribution in [2.75, 3.05) is 7.11 Å². The van der Waals surface area contributed by atoms with Crippen LogP contribution in [0.2, 0.25) is 0 Å². The van der Waals surface area contributed by atoms with Crippen molar-refractivity contribution < 1.29 is 19.4 Å². The lowest BCUT2D eigenvalue weighted by atomic mass is 9.47. The molecule has 4 rings (SSSR count). The standard InChI is InChI=1S/C17H26O4/c1-21-15(20)17(14(18)19)8-3-2-4-13(17)16-9-5-12(6-10-16)7-11-16/h12-13H,2-11H2,1H3,(H,18,19). The molecule has 0 aliphatic heterocycles. The predicted octanol–water partition coefficient (Wildman–Crippen LogP) is 3.39. The van der Waals surface area contributed by atoms with Crippen LogP contribution in [-0.2, 0) is 14.3 Å². The van der Waals surface area contributed by atoms with Gasteiger partial charge in [-0.05, 0) is 68.6 Å². The first-order valence-electron chi connectivity index (χ1n) is 8.37. The van der Waals surface area contributed by atoms with E-state index in [4.69, 9.17) is 4.74 Å². The van der Waals surface area contributed by atoms with E-state index in [1.807, 2.05) is 0 Å². The van der Waals surface area contributed by atoms with Gasteiger partial charge in [-0.3, -0.25) is 9.59 Å². The number of ether oxygens (including phenoxy) is 1. The zero-order valence-electron chi connectivity index (χ0n) is 12.9. The number of rotatable bonds is 3. The molecule has 118 valence electrons. The van der Waals surface area contributed by atoms with Gasteiger partial charge in [0, 0.05) is 0 Å². The predicted molar refractivity (Wildman–Crippen MR) is 77.7 cm³/mol. The summed E-state index contributed by atoms with van der Waals surface area (Å²) in [5, 5.41) is 9.91. The lowest BCUT2D eigenvalue weighted by molar-refractivity contribution is -0.185. The summed E-state index contributed by atoms with van der Waals surface area (Å²) in [6.07, 6.45) is 10.1. The van der Waals surface area contributed by atoms with Crippen molar-refractivity contribution in [1.29, 1.82) is 0 Å². The number of fused-ring (bicyclic) bond motifs is 3. The number of hydrogen-bond acceptors (Lipinski definition) is 3. The van der Waals surface area contributed by atoms with Gasteiger partial charge in [0.15, 0.2) is 5.41 Å². The van der Waals surface area contributed by atoms with Crippen molar-refractivity contribution in [1.82, 2.24) is 0 Å². The molecule has 4 heteroatoms. The van der Waals surface area contributed by atoms with Crippen LogP contribution in [0.25, 0.3) is 0 Å². The van der Waals surface area contributed by atoms with Crippen LogP contribution in [0.5, 0.6) is 0 Å². The normalized spacial score (nSPS) is 42.5. The second-order valence-corrected chi connectivity index (χ2v) is 7.41. The van der Waals surface area contributed by atoms with Gasteiger partial charge in [0.25, 0.3) is 0 Å². The Kier molecular flexibility index (Phi) is 3.74. The molecular weight excluding hydrogens is 268 g/mol. The summed E-state index contributed by atoms with van der Waals surface area (Å²) < 4.78 is 4.96. The van der Waals surface area contributed by atoms with Crippen molar-refractivity contribution in [2.45, 2.75) is 64.2 Å². The number of carboxylic acid groups (broad SMARTS) is 1. The number of esters is 1. The summed E-state index contributed by atoms with van der Waals surface area (Å²) in [6, 6.07) is 0. The monoisotopic (exact) mass is 294 g/mol. The van der Waals surface area contributed by atoms with E-state index in [9.17, 15) is 14.7 Å². The van der Waals surface area contributed by atoms with Gasteiger partial charge in [0.1, 0.15) is 0 Å². The Bertz CT molecular complexity index is 422. The van der Waals surface area contributed by atoms with Crippen LogP contribution in [0.3, 0.4) is 0 Å². The highest BCUT2D eigenvalue weighted by Crippen LogP contribution is 2.62. The Morgan fingerprint density at radius 2 is 1.62 bits per heavy atom. The van der Waals surface area contributed by atoms with E-state index in [2.05, 4.69) is 0 Å². The molecule has 4 nitrogen and oxygen atoms in total. The van der Waals surface area contributed by atoms with Gasteiger partial charge < -0.3 is 9.84 Å². The molecule has 2 bridgehead atoms. The number of carbonyl (C=O) groups is 2. The Morgan fingerprint density at radius 1 is 1.00 bits per heavy atom. The van der Waals surface area contributed by atoms with Gasteiger partial charge >= 0.3 is 11.9 Å². The van der Waals surface area contributed by atoms with Crippen LogP contribution < -0.4 is 0 Å². The molecule has 4 aliphatic carbocycles. The number of hydrogen-bond donors (Lipinski definition) is 1.